The molecule has 2 aliphatic carbocycles. The topological polar surface area (TPSA) is 53.4 Å². The average molecular weight is 749 g/mol. The molecule has 2 fully saturated rings. The van der Waals surface area contributed by atoms with Gasteiger partial charge < -0.3 is 10.2 Å². The van der Waals surface area contributed by atoms with Crippen molar-refractivity contribution in [2.45, 2.75) is 124 Å². The maximum Gasteiger partial charge on any atom is 0.0651 e. The van der Waals surface area contributed by atoms with E-state index in [9.17, 15) is 10.2 Å². The third kappa shape index (κ3) is 7.20. The molecule has 3 aromatic rings. The van der Waals surface area contributed by atoms with Gasteiger partial charge in [0.2, 0.25) is 0 Å². The van der Waals surface area contributed by atoms with Crippen LogP contribution in [0.3, 0.4) is 0 Å². The van der Waals surface area contributed by atoms with Crippen LogP contribution in [0, 0.1) is 28.7 Å². The van der Waals surface area contributed by atoms with Gasteiger partial charge in [0.1, 0.15) is 0 Å². The van der Waals surface area contributed by atoms with Gasteiger partial charge in [0.15, 0.2) is 0 Å². The van der Waals surface area contributed by atoms with Gasteiger partial charge >= 0.3 is 0 Å². The summed E-state index contributed by atoms with van der Waals surface area (Å²) in [4.78, 5) is 4.76. The van der Waals surface area contributed by atoms with Crippen molar-refractivity contribution >= 4 is 10.9 Å². The van der Waals surface area contributed by atoms with Gasteiger partial charge in [-0.2, -0.15) is 0 Å². The zero-order chi connectivity index (χ0) is 29.6. The van der Waals surface area contributed by atoms with E-state index in [1.54, 1.807) is 0 Å². The van der Waals surface area contributed by atoms with Crippen LogP contribution in [-0.4, -0.2) is 27.4 Å². The first kappa shape index (κ1) is 34.9. The van der Waals surface area contributed by atoms with Crippen molar-refractivity contribution in [3.8, 4) is 11.3 Å². The third-order valence-electron chi connectivity index (χ3n) is 11.2. The molecule has 0 saturated heterocycles. The predicted octanol–water partition coefficient (Wildman–Crippen LogP) is 9.74. The first-order valence-electron chi connectivity index (χ1n) is 16.5. The summed E-state index contributed by atoms with van der Waals surface area (Å²) < 4.78 is 0. The number of fused-ring (bicyclic) bond motifs is 2. The molecule has 1 radical (unpaired) electrons. The third-order valence-corrected chi connectivity index (χ3v) is 11.2. The molecule has 2 aromatic carbocycles. The summed E-state index contributed by atoms with van der Waals surface area (Å²) in [6.45, 7) is 13.3. The van der Waals surface area contributed by atoms with E-state index in [0.29, 0.717) is 11.8 Å². The maximum atomic E-state index is 11.4. The molecule has 0 amide bonds. The van der Waals surface area contributed by atoms with Crippen LogP contribution < -0.4 is 0 Å². The molecule has 1 heterocycles. The molecule has 2 saturated carbocycles. The Labute approximate surface area is 269 Å². The van der Waals surface area contributed by atoms with Gasteiger partial charge in [-0.25, -0.2) is 0 Å². The van der Waals surface area contributed by atoms with Crippen molar-refractivity contribution in [3.05, 3.63) is 66.2 Å². The van der Waals surface area contributed by atoms with E-state index in [1.807, 2.05) is 24.3 Å². The largest absolute Gasteiger partial charge is 0.392 e. The zero-order valence-electron chi connectivity index (χ0n) is 26.8. The van der Waals surface area contributed by atoms with Crippen LogP contribution in [0.2, 0.25) is 0 Å². The smallest absolute Gasteiger partial charge is 0.0651 e. The van der Waals surface area contributed by atoms with E-state index in [-0.39, 0.29) is 49.1 Å². The normalized spacial score (nSPS) is 24.9. The predicted molar refractivity (Wildman–Crippen MR) is 173 cm³/mol. The van der Waals surface area contributed by atoms with E-state index >= 15 is 0 Å². The van der Waals surface area contributed by atoms with Crippen molar-refractivity contribution in [2.24, 2.45) is 22.7 Å². The first-order valence-corrected chi connectivity index (χ1v) is 16.5. The van der Waals surface area contributed by atoms with E-state index < -0.39 is 0 Å². The fourth-order valence-corrected chi connectivity index (χ4v) is 8.00. The van der Waals surface area contributed by atoms with Gasteiger partial charge in [-0.05, 0) is 96.7 Å². The molecule has 0 bridgehead atoms. The summed E-state index contributed by atoms with van der Waals surface area (Å²) in [6, 6.07) is 21.9. The fraction of sp³-hybridized carbons (Fsp3) is 0.605. The average Bonchev–Trinajstić information content (AvgIpc) is 3.24. The number of aromatic nitrogens is 1. The van der Waals surface area contributed by atoms with Crippen LogP contribution in [-0.2, 0) is 20.1 Å². The molecule has 2 N–H and O–H groups in total. The Morgan fingerprint density at radius 1 is 0.833 bits per heavy atom. The van der Waals surface area contributed by atoms with Crippen LogP contribution in [0.15, 0.2) is 54.6 Å². The fourth-order valence-electron chi connectivity index (χ4n) is 8.00. The summed E-state index contributed by atoms with van der Waals surface area (Å²) in [7, 11) is 0. The summed E-state index contributed by atoms with van der Waals surface area (Å²) >= 11 is 0. The Morgan fingerprint density at radius 2 is 1.40 bits per heavy atom. The van der Waals surface area contributed by atoms with E-state index in [2.05, 4.69) is 77.9 Å². The molecule has 1 aromatic heterocycles. The molecule has 5 rings (SSSR count). The van der Waals surface area contributed by atoms with Crippen LogP contribution in [0.25, 0.3) is 22.2 Å². The monoisotopic (exact) mass is 749 g/mol. The molecule has 0 spiro atoms. The van der Waals surface area contributed by atoms with Gasteiger partial charge in [0, 0.05) is 26.0 Å². The number of hydrogen-bond donors (Lipinski definition) is 2. The second-order valence-corrected chi connectivity index (χ2v) is 13.2. The zero-order valence-corrected chi connectivity index (χ0v) is 29.2. The van der Waals surface area contributed by atoms with Crippen molar-refractivity contribution in [1.82, 2.24) is 4.98 Å². The van der Waals surface area contributed by atoms with Crippen LogP contribution in [0.4, 0.5) is 0 Å². The van der Waals surface area contributed by atoms with Crippen molar-refractivity contribution in [3.63, 3.8) is 0 Å². The SMILES string of the molecule is CC(C)c1ccc2ccc(-c3[c-]cccc3)nc2c1.CCC1(CC)CCCC2CCCC(CC)(CC)C(O)C2C1O.[Ir]. The summed E-state index contributed by atoms with van der Waals surface area (Å²) in [5.41, 5.74) is 4.46. The molecule has 3 nitrogen and oxygen atoms in total. The van der Waals surface area contributed by atoms with E-state index in [4.69, 9.17) is 4.98 Å². The Hall–Kier alpha value is -1.58. The van der Waals surface area contributed by atoms with Gasteiger partial charge in [-0.15, -0.1) is 35.9 Å². The number of benzene rings is 2. The quantitative estimate of drug-likeness (QED) is 0.247. The molecular weight excluding hydrogens is 695 g/mol. The van der Waals surface area contributed by atoms with Crippen LogP contribution in [0.1, 0.15) is 117 Å². The minimum Gasteiger partial charge on any atom is -0.392 e. The Morgan fingerprint density at radius 3 is 1.90 bits per heavy atom. The Kier molecular flexibility index (Phi) is 12.8. The minimum atomic E-state index is -0.333. The van der Waals surface area contributed by atoms with Crippen LogP contribution in [0.5, 0.6) is 0 Å². The standard InChI is InChI=1S/C20H38O2.C18H16N.Ir/c1-5-19(6-2)13-9-11-15-12-10-14-20(7-3,8-4)18(22)16(15)17(19)21;1-13(2)16-9-8-15-10-11-17(19-18(15)12-16)14-6-4-3-5-7-14;/h15-18,21-22H,5-14H2,1-4H3;3-6,8-13H,1-2H3;/q;-1;. The Bertz CT molecular complexity index is 1200. The molecule has 2 unspecified atom stereocenters. The number of aliphatic hydroxyl groups is 2. The summed E-state index contributed by atoms with van der Waals surface area (Å²) in [6.07, 6.45) is 10.6. The first-order chi connectivity index (χ1) is 19.7. The number of pyridine rings is 1. The van der Waals surface area contributed by atoms with E-state index in [0.717, 1.165) is 55.3 Å². The second kappa shape index (κ2) is 15.4. The molecule has 2 atom stereocenters. The van der Waals surface area contributed by atoms with Gasteiger partial charge in [0.25, 0.3) is 0 Å². The molecule has 0 aliphatic heterocycles. The van der Waals surface area contributed by atoms with Gasteiger partial charge in [-0.3, -0.25) is 4.98 Å². The maximum absolute atomic E-state index is 11.4. The summed E-state index contributed by atoms with van der Waals surface area (Å²) in [5, 5.41) is 23.9. The van der Waals surface area contributed by atoms with Crippen molar-refractivity contribution in [1.29, 1.82) is 0 Å². The van der Waals surface area contributed by atoms with Crippen molar-refractivity contribution in [2.75, 3.05) is 0 Å². The van der Waals surface area contributed by atoms with Crippen LogP contribution >= 0.6 is 0 Å². The molecule has 4 heteroatoms. The van der Waals surface area contributed by atoms with Gasteiger partial charge in [-0.1, -0.05) is 78.6 Å². The number of nitrogens with zero attached hydrogens (tertiary/aromatic N) is 1. The molecule has 42 heavy (non-hydrogen) atoms. The number of hydrogen-bond acceptors (Lipinski definition) is 3. The van der Waals surface area contributed by atoms with Crippen molar-refractivity contribution < 1.29 is 30.3 Å². The molecule has 2 aliphatic rings. The van der Waals surface area contributed by atoms with Gasteiger partial charge in [0.05, 0.1) is 17.7 Å². The molecule has 233 valence electrons. The summed E-state index contributed by atoms with van der Waals surface area (Å²) in [5.74, 6) is 1.13. The number of rotatable bonds is 6. The second-order valence-electron chi connectivity index (χ2n) is 13.2. The Balaban J connectivity index is 0.000000227. The molecular formula is C38H54IrNO2-. The number of aliphatic hydroxyl groups excluding tert-OH is 2. The van der Waals surface area contributed by atoms with E-state index in [1.165, 1.54) is 36.6 Å². The minimum absolute atomic E-state index is 0.